The molecule has 1 fully saturated rings. The van der Waals surface area contributed by atoms with Crippen LogP contribution in [0.5, 0.6) is 5.75 Å². The van der Waals surface area contributed by atoms with E-state index in [0.717, 1.165) is 57.1 Å². The molecule has 5 heteroatoms. The third-order valence-corrected chi connectivity index (χ3v) is 4.96. The highest BCUT2D eigenvalue weighted by molar-refractivity contribution is 5.76. The summed E-state index contributed by atoms with van der Waals surface area (Å²) in [5, 5.41) is 0. The van der Waals surface area contributed by atoms with E-state index in [1.807, 2.05) is 29.2 Å². The van der Waals surface area contributed by atoms with Crippen molar-refractivity contribution < 1.29 is 13.9 Å². The smallest absolute Gasteiger partial charge is 0.223 e. The fourth-order valence-corrected chi connectivity index (χ4v) is 3.40. The molecule has 0 atom stereocenters. The minimum Gasteiger partial charge on any atom is -0.497 e. The predicted molar refractivity (Wildman–Crippen MR) is 101 cm³/mol. The van der Waals surface area contributed by atoms with Gasteiger partial charge in [-0.1, -0.05) is 12.1 Å². The van der Waals surface area contributed by atoms with E-state index in [0.29, 0.717) is 12.8 Å². The Labute approximate surface area is 155 Å². The summed E-state index contributed by atoms with van der Waals surface area (Å²) >= 11 is 0. The van der Waals surface area contributed by atoms with Crippen LogP contribution in [0.1, 0.15) is 24.2 Å². The quantitative estimate of drug-likeness (QED) is 0.729. The van der Waals surface area contributed by atoms with Gasteiger partial charge in [0.25, 0.3) is 0 Å². The molecule has 1 amide bonds. The number of carbonyl (C=O) groups is 1. The number of aryl methyl sites for hydroxylation is 2. The van der Waals surface area contributed by atoms with Gasteiger partial charge in [0, 0.05) is 39.0 Å². The largest absolute Gasteiger partial charge is 0.497 e. The predicted octanol–water partition coefficient (Wildman–Crippen LogP) is 3.00. The fourth-order valence-electron chi connectivity index (χ4n) is 3.40. The number of rotatable bonds is 8. The lowest BCUT2D eigenvalue weighted by Crippen LogP contribution is -2.48. The zero-order chi connectivity index (χ0) is 18.2. The van der Waals surface area contributed by atoms with Crippen LogP contribution in [0.4, 0.5) is 0 Å². The standard InChI is InChI=1S/C21H28N2O3/c1-25-20-7-2-5-18(17-20)6-3-11-22-12-14-23(15-13-22)21(24)10-9-19-8-4-16-26-19/h2,4-5,7-8,16-17H,3,6,9-15H2,1H3. The molecule has 1 aliphatic heterocycles. The van der Waals surface area contributed by atoms with E-state index in [1.165, 1.54) is 5.56 Å². The average Bonchev–Trinajstić information content (AvgIpc) is 3.20. The first-order valence-corrected chi connectivity index (χ1v) is 9.40. The molecule has 0 spiro atoms. The summed E-state index contributed by atoms with van der Waals surface area (Å²) in [5.41, 5.74) is 1.32. The van der Waals surface area contributed by atoms with Gasteiger partial charge >= 0.3 is 0 Å². The van der Waals surface area contributed by atoms with Gasteiger partial charge in [0.1, 0.15) is 11.5 Å². The van der Waals surface area contributed by atoms with Crippen LogP contribution >= 0.6 is 0 Å². The van der Waals surface area contributed by atoms with Gasteiger partial charge in [0.2, 0.25) is 5.91 Å². The second-order valence-electron chi connectivity index (χ2n) is 6.76. The topological polar surface area (TPSA) is 45.9 Å². The molecule has 0 saturated carbocycles. The Hall–Kier alpha value is -2.27. The molecule has 140 valence electrons. The summed E-state index contributed by atoms with van der Waals surface area (Å²) in [6.45, 7) is 4.66. The molecule has 0 unspecified atom stereocenters. The van der Waals surface area contributed by atoms with E-state index >= 15 is 0 Å². The van der Waals surface area contributed by atoms with Crippen LogP contribution in [0.15, 0.2) is 47.1 Å². The van der Waals surface area contributed by atoms with Crippen molar-refractivity contribution in [1.82, 2.24) is 9.80 Å². The SMILES string of the molecule is COc1cccc(CCCN2CCN(C(=O)CCc3ccco3)CC2)c1. The molecule has 1 aliphatic rings. The maximum absolute atomic E-state index is 12.3. The first-order chi connectivity index (χ1) is 12.7. The monoisotopic (exact) mass is 356 g/mol. The van der Waals surface area contributed by atoms with Crippen LogP contribution in [-0.4, -0.2) is 55.5 Å². The molecule has 0 aliphatic carbocycles. The molecule has 2 aromatic rings. The number of methoxy groups -OCH3 is 1. The normalized spacial score (nSPS) is 15.2. The Morgan fingerprint density at radius 1 is 1.12 bits per heavy atom. The van der Waals surface area contributed by atoms with E-state index < -0.39 is 0 Å². The fraction of sp³-hybridized carbons (Fsp3) is 0.476. The lowest BCUT2D eigenvalue weighted by molar-refractivity contribution is -0.133. The molecule has 2 heterocycles. The highest BCUT2D eigenvalue weighted by Gasteiger charge is 2.20. The number of hydrogen-bond acceptors (Lipinski definition) is 4. The maximum Gasteiger partial charge on any atom is 0.223 e. The molecule has 1 aromatic carbocycles. The zero-order valence-corrected chi connectivity index (χ0v) is 15.5. The van der Waals surface area contributed by atoms with Crippen molar-refractivity contribution >= 4 is 5.91 Å². The lowest BCUT2D eigenvalue weighted by atomic mass is 10.1. The van der Waals surface area contributed by atoms with E-state index in [1.54, 1.807) is 13.4 Å². The van der Waals surface area contributed by atoms with Crippen molar-refractivity contribution in [3.63, 3.8) is 0 Å². The third-order valence-electron chi connectivity index (χ3n) is 4.96. The second kappa shape index (κ2) is 9.43. The van der Waals surface area contributed by atoms with Crippen LogP contribution in [0, 0.1) is 0 Å². The Morgan fingerprint density at radius 2 is 1.96 bits per heavy atom. The molecule has 0 N–H and O–H groups in total. The first kappa shape index (κ1) is 18.5. The van der Waals surface area contributed by atoms with Crippen molar-refractivity contribution in [3.05, 3.63) is 54.0 Å². The van der Waals surface area contributed by atoms with Crippen LogP contribution in [0.2, 0.25) is 0 Å². The van der Waals surface area contributed by atoms with Gasteiger partial charge < -0.3 is 14.1 Å². The molecular weight excluding hydrogens is 328 g/mol. The van der Waals surface area contributed by atoms with Crippen molar-refractivity contribution in [2.45, 2.75) is 25.7 Å². The van der Waals surface area contributed by atoms with Crippen molar-refractivity contribution in [1.29, 1.82) is 0 Å². The van der Waals surface area contributed by atoms with E-state index in [2.05, 4.69) is 17.0 Å². The molecule has 1 aromatic heterocycles. The Morgan fingerprint density at radius 3 is 2.69 bits per heavy atom. The van der Waals surface area contributed by atoms with Crippen molar-refractivity contribution in [2.24, 2.45) is 0 Å². The van der Waals surface area contributed by atoms with Crippen molar-refractivity contribution in [3.8, 4) is 5.75 Å². The Kier molecular flexibility index (Phi) is 6.72. The van der Waals surface area contributed by atoms with Crippen LogP contribution in [-0.2, 0) is 17.6 Å². The maximum atomic E-state index is 12.3. The summed E-state index contributed by atoms with van der Waals surface area (Å²) in [6.07, 6.45) is 5.05. The van der Waals surface area contributed by atoms with Gasteiger partial charge in [-0.3, -0.25) is 9.69 Å². The van der Waals surface area contributed by atoms with Gasteiger partial charge in [0.05, 0.1) is 13.4 Å². The van der Waals surface area contributed by atoms with Gasteiger partial charge in [-0.25, -0.2) is 0 Å². The summed E-state index contributed by atoms with van der Waals surface area (Å²) < 4.78 is 10.6. The van der Waals surface area contributed by atoms with Crippen LogP contribution < -0.4 is 4.74 Å². The van der Waals surface area contributed by atoms with Gasteiger partial charge in [-0.2, -0.15) is 0 Å². The number of nitrogens with zero attached hydrogens (tertiary/aromatic N) is 2. The highest BCUT2D eigenvalue weighted by Crippen LogP contribution is 2.14. The summed E-state index contributed by atoms with van der Waals surface area (Å²) in [6, 6.07) is 12.1. The molecule has 26 heavy (non-hydrogen) atoms. The lowest BCUT2D eigenvalue weighted by Gasteiger charge is -2.34. The van der Waals surface area contributed by atoms with E-state index in [9.17, 15) is 4.79 Å². The minimum absolute atomic E-state index is 0.234. The van der Waals surface area contributed by atoms with E-state index in [4.69, 9.17) is 9.15 Å². The number of piperazine rings is 1. The zero-order valence-electron chi connectivity index (χ0n) is 15.5. The molecule has 1 saturated heterocycles. The van der Waals surface area contributed by atoms with E-state index in [-0.39, 0.29) is 5.91 Å². The van der Waals surface area contributed by atoms with Crippen molar-refractivity contribution in [2.75, 3.05) is 39.8 Å². The second-order valence-corrected chi connectivity index (χ2v) is 6.76. The molecular formula is C21H28N2O3. The summed E-state index contributed by atoms with van der Waals surface area (Å²) in [7, 11) is 1.70. The van der Waals surface area contributed by atoms with Gasteiger partial charge in [-0.15, -0.1) is 0 Å². The summed E-state index contributed by atoms with van der Waals surface area (Å²) in [5.74, 6) is 2.04. The first-order valence-electron chi connectivity index (χ1n) is 9.40. The molecule has 3 rings (SSSR count). The molecule has 5 nitrogen and oxygen atoms in total. The highest BCUT2D eigenvalue weighted by atomic mass is 16.5. The minimum atomic E-state index is 0.234. The third kappa shape index (κ3) is 5.36. The van der Waals surface area contributed by atoms with Gasteiger partial charge in [-0.05, 0) is 49.2 Å². The molecule has 0 bridgehead atoms. The average molecular weight is 356 g/mol. The number of benzene rings is 1. The Balaban J connectivity index is 1.33. The number of furan rings is 1. The van der Waals surface area contributed by atoms with Crippen LogP contribution in [0.3, 0.4) is 0 Å². The Bertz CT molecular complexity index is 676. The number of ether oxygens (including phenoxy) is 1. The number of amides is 1. The van der Waals surface area contributed by atoms with Gasteiger partial charge in [0.15, 0.2) is 0 Å². The summed E-state index contributed by atoms with van der Waals surface area (Å²) in [4.78, 5) is 16.8. The van der Waals surface area contributed by atoms with Crippen LogP contribution in [0.25, 0.3) is 0 Å². The number of hydrogen-bond donors (Lipinski definition) is 0. The number of carbonyl (C=O) groups excluding carboxylic acids is 1. The molecule has 0 radical (unpaired) electrons.